The SMILES string of the molecule is Clc1ccc(COc2cccnc2Cl)cc1. The number of ether oxygens (including phenoxy) is 1. The monoisotopic (exact) mass is 253 g/mol. The quantitative estimate of drug-likeness (QED) is 0.773. The van der Waals surface area contributed by atoms with Crippen molar-refractivity contribution in [1.29, 1.82) is 0 Å². The molecular formula is C12H9Cl2NO. The molecule has 0 bridgehead atoms. The third kappa shape index (κ3) is 2.87. The van der Waals surface area contributed by atoms with Gasteiger partial charge in [-0.05, 0) is 29.8 Å². The number of rotatable bonds is 3. The van der Waals surface area contributed by atoms with Crippen LogP contribution < -0.4 is 4.74 Å². The van der Waals surface area contributed by atoms with Crippen LogP contribution in [0.4, 0.5) is 0 Å². The first-order valence-electron chi connectivity index (χ1n) is 4.73. The first kappa shape index (κ1) is 11.2. The van der Waals surface area contributed by atoms with Crippen molar-refractivity contribution in [3.8, 4) is 5.75 Å². The molecule has 0 saturated heterocycles. The van der Waals surface area contributed by atoms with Gasteiger partial charge in [-0.2, -0.15) is 0 Å². The lowest BCUT2D eigenvalue weighted by atomic mass is 10.2. The number of hydrogen-bond donors (Lipinski definition) is 0. The van der Waals surface area contributed by atoms with Gasteiger partial charge in [0.05, 0.1) is 0 Å². The van der Waals surface area contributed by atoms with Crippen LogP contribution in [0.25, 0.3) is 0 Å². The van der Waals surface area contributed by atoms with Crippen LogP contribution in [0.2, 0.25) is 10.2 Å². The van der Waals surface area contributed by atoms with E-state index < -0.39 is 0 Å². The summed E-state index contributed by atoms with van der Waals surface area (Å²) in [4.78, 5) is 3.92. The van der Waals surface area contributed by atoms with Crippen molar-refractivity contribution >= 4 is 23.2 Å². The van der Waals surface area contributed by atoms with E-state index in [1.165, 1.54) is 0 Å². The van der Waals surface area contributed by atoms with Crippen molar-refractivity contribution in [2.75, 3.05) is 0 Å². The summed E-state index contributed by atoms with van der Waals surface area (Å²) in [5.41, 5.74) is 1.03. The van der Waals surface area contributed by atoms with Crippen LogP contribution in [0.15, 0.2) is 42.6 Å². The van der Waals surface area contributed by atoms with Crippen LogP contribution in [-0.4, -0.2) is 4.98 Å². The third-order valence-corrected chi connectivity index (χ3v) is 2.57. The van der Waals surface area contributed by atoms with Gasteiger partial charge >= 0.3 is 0 Å². The molecule has 0 aliphatic heterocycles. The van der Waals surface area contributed by atoms with Crippen molar-refractivity contribution in [2.24, 2.45) is 0 Å². The standard InChI is InChI=1S/C12H9Cl2NO/c13-10-5-3-9(4-6-10)8-16-11-2-1-7-15-12(11)14/h1-7H,8H2. The molecule has 0 fully saturated rings. The Morgan fingerprint density at radius 3 is 2.50 bits per heavy atom. The summed E-state index contributed by atoms with van der Waals surface area (Å²) in [7, 11) is 0. The van der Waals surface area contributed by atoms with Gasteiger partial charge in [0.15, 0.2) is 10.9 Å². The van der Waals surface area contributed by atoms with E-state index in [2.05, 4.69) is 4.98 Å². The first-order chi connectivity index (χ1) is 7.75. The summed E-state index contributed by atoms with van der Waals surface area (Å²) < 4.78 is 5.53. The van der Waals surface area contributed by atoms with Gasteiger partial charge in [-0.15, -0.1) is 0 Å². The summed E-state index contributed by atoms with van der Waals surface area (Å²) in [6.45, 7) is 0.447. The highest BCUT2D eigenvalue weighted by atomic mass is 35.5. The van der Waals surface area contributed by atoms with Gasteiger partial charge in [0.1, 0.15) is 6.61 Å². The highest BCUT2D eigenvalue weighted by Gasteiger charge is 2.01. The second kappa shape index (κ2) is 5.19. The maximum absolute atomic E-state index is 5.86. The van der Waals surface area contributed by atoms with Gasteiger partial charge in [-0.1, -0.05) is 35.3 Å². The Balaban J connectivity index is 2.02. The Morgan fingerprint density at radius 1 is 1.06 bits per heavy atom. The van der Waals surface area contributed by atoms with Crippen LogP contribution in [-0.2, 0) is 6.61 Å². The molecule has 0 spiro atoms. The predicted octanol–water partition coefficient (Wildman–Crippen LogP) is 3.97. The topological polar surface area (TPSA) is 22.1 Å². The molecule has 2 rings (SSSR count). The fourth-order valence-corrected chi connectivity index (χ4v) is 1.52. The molecule has 0 unspecified atom stereocenters. The molecule has 0 radical (unpaired) electrons. The molecule has 1 heterocycles. The number of nitrogens with zero attached hydrogens (tertiary/aromatic N) is 1. The molecule has 82 valence electrons. The largest absolute Gasteiger partial charge is 0.486 e. The van der Waals surface area contributed by atoms with Crippen molar-refractivity contribution in [2.45, 2.75) is 6.61 Å². The Hall–Kier alpha value is -1.25. The van der Waals surface area contributed by atoms with Crippen LogP contribution >= 0.6 is 23.2 Å². The van der Waals surface area contributed by atoms with E-state index in [1.54, 1.807) is 18.3 Å². The van der Waals surface area contributed by atoms with Gasteiger partial charge in [0, 0.05) is 11.2 Å². The summed E-state index contributed by atoms with van der Waals surface area (Å²) in [6.07, 6.45) is 1.62. The molecular weight excluding hydrogens is 245 g/mol. The predicted molar refractivity (Wildman–Crippen MR) is 65.0 cm³/mol. The van der Waals surface area contributed by atoms with Gasteiger partial charge < -0.3 is 4.74 Å². The molecule has 4 heteroatoms. The highest BCUT2D eigenvalue weighted by Crippen LogP contribution is 2.21. The van der Waals surface area contributed by atoms with Crippen molar-refractivity contribution in [3.63, 3.8) is 0 Å². The Kier molecular flexibility index (Phi) is 3.65. The number of halogens is 2. The maximum Gasteiger partial charge on any atom is 0.171 e. The molecule has 0 amide bonds. The van der Waals surface area contributed by atoms with Gasteiger partial charge in [-0.25, -0.2) is 4.98 Å². The van der Waals surface area contributed by atoms with E-state index in [0.29, 0.717) is 22.5 Å². The lowest BCUT2D eigenvalue weighted by molar-refractivity contribution is 0.305. The lowest BCUT2D eigenvalue weighted by Crippen LogP contribution is -1.96. The van der Waals surface area contributed by atoms with Crippen LogP contribution in [0, 0.1) is 0 Å². The molecule has 0 N–H and O–H groups in total. The van der Waals surface area contributed by atoms with E-state index >= 15 is 0 Å². The molecule has 0 atom stereocenters. The summed E-state index contributed by atoms with van der Waals surface area (Å²) in [6, 6.07) is 11.0. The van der Waals surface area contributed by atoms with E-state index in [-0.39, 0.29) is 0 Å². The van der Waals surface area contributed by atoms with E-state index in [9.17, 15) is 0 Å². The second-order valence-electron chi connectivity index (χ2n) is 3.21. The van der Waals surface area contributed by atoms with Crippen LogP contribution in [0.1, 0.15) is 5.56 Å². The van der Waals surface area contributed by atoms with Gasteiger partial charge in [0.25, 0.3) is 0 Å². The Morgan fingerprint density at radius 2 is 1.81 bits per heavy atom. The normalized spacial score (nSPS) is 10.1. The Bertz CT molecular complexity index is 471. The fourth-order valence-electron chi connectivity index (χ4n) is 1.22. The van der Waals surface area contributed by atoms with Crippen molar-refractivity contribution < 1.29 is 4.74 Å². The number of benzene rings is 1. The van der Waals surface area contributed by atoms with E-state index in [0.717, 1.165) is 5.56 Å². The summed E-state index contributed by atoms with van der Waals surface area (Å²) in [5, 5.41) is 1.08. The zero-order valence-electron chi connectivity index (χ0n) is 8.36. The zero-order valence-corrected chi connectivity index (χ0v) is 9.87. The molecule has 16 heavy (non-hydrogen) atoms. The van der Waals surface area contributed by atoms with Crippen LogP contribution in [0.3, 0.4) is 0 Å². The average Bonchev–Trinajstić information content (AvgIpc) is 2.30. The van der Waals surface area contributed by atoms with Gasteiger partial charge in [-0.3, -0.25) is 0 Å². The molecule has 0 aliphatic rings. The van der Waals surface area contributed by atoms with Gasteiger partial charge in [0.2, 0.25) is 0 Å². The molecule has 0 aliphatic carbocycles. The second-order valence-corrected chi connectivity index (χ2v) is 4.00. The fraction of sp³-hybridized carbons (Fsp3) is 0.0833. The average molecular weight is 254 g/mol. The first-order valence-corrected chi connectivity index (χ1v) is 5.49. The minimum Gasteiger partial charge on any atom is -0.486 e. The van der Waals surface area contributed by atoms with Crippen LogP contribution in [0.5, 0.6) is 5.75 Å². The van der Waals surface area contributed by atoms with E-state index in [4.69, 9.17) is 27.9 Å². The number of pyridine rings is 1. The van der Waals surface area contributed by atoms with E-state index in [1.807, 2.05) is 24.3 Å². The van der Waals surface area contributed by atoms with Crippen molar-refractivity contribution in [1.82, 2.24) is 4.98 Å². The maximum atomic E-state index is 5.86. The number of aromatic nitrogens is 1. The molecule has 1 aromatic carbocycles. The molecule has 2 aromatic rings. The number of hydrogen-bond acceptors (Lipinski definition) is 2. The third-order valence-electron chi connectivity index (χ3n) is 2.03. The minimum atomic E-state index is 0.372. The molecule has 1 aromatic heterocycles. The summed E-state index contributed by atoms with van der Waals surface area (Å²) in [5.74, 6) is 0.583. The molecule has 0 saturated carbocycles. The summed E-state index contributed by atoms with van der Waals surface area (Å²) >= 11 is 11.6. The molecule has 2 nitrogen and oxygen atoms in total. The minimum absolute atomic E-state index is 0.372. The zero-order chi connectivity index (χ0) is 11.4. The Labute approximate surface area is 104 Å². The highest BCUT2D eigenvalue weighted by molar-refractivity contribution is 6.31. The smallest absolute Gasteiger partial charge is 0.171 e. The lowest BCUT2D eigenvalue weighted by Gasteiger charge is -2.06. The van der Waals surface area contributed by atoms with Crippen molar-refractivity contribution in [3.05, 3.63) is 58.3 Å².